The quantitative estimate of drug-likeness (QED) is 0.551. The van der Waals surface area contributed by atoms with Crippen LogP contribution in [0.25, 0.3) is 11.0 Å². The van der Waals surface area contributed by atoms with Gasteiger partial charge in [0.1, 0.15) is 18.2 Å². The summed E-state index contributed by atoms with van der Waals surface area (Å²) in [5.41, 5.74) is 2.88. The standard InChI is InChI=1S/C22H25N3O2/c1-4-8-22(26)24(3)17-11-13-18(14-12-17)27-16-21-23-19-9-6-7-10-20(19)25(21)15-5-2/h5-7,9-14H,2,4,8,15-16H2,1,3H3. The van der Waals surface area contributed by atoms with Gasteiger partial charge >= 0.3 is 0 Å². The van der Waals surface area contributed by atoms with Crippen molar-refractivity contribution in [3.8, 4) is 5.75 Å². The molecule has 0 aliphatic rings. The van der Waals surface area contributed by atoms with E-state index in [4.69, 9.17) is 4.74 Å². The van der Waals surface area contributed by atoms with Crippen LogP contribution in [0.5, 0.6) is 5.75 Å². The number of rotatable bonds is 8. The molecule has 140 valence electrons. The Bertz CT molecular complexity index is 928. The molecule has 5 heteroatoms. The van der Waals surface area contributed by atoms with Gasteiger partial charge in [-0.15, -0.1) is 6.58 Å². The van der Waals surface area contributed by atoms with Gasteiger partial charge in [-0.25, -0.2) is 4.98 Å². The maximum absolute atomic E-state index is 12.0. The van der Waals surface area contributed by atoms with Crippen LogP contribution in [-0.2, 0) is 17.9 Å². The Morgan fingerprint density at radius 3 is 2.67 bits per heavy atom. The van der Waals surface area contributed by atoms with Gasteiger partial charge in [-0.3, -0.25) is 4.79 Å². The first-order valence-electron chi connectivity index (χ1n) is 9.18. The molecule has 5 nitrogen and oxygen atoms in total. The van der Waals surface area contributed by atoms with Gasteiger partial charge in [0.2, 0.25) is 5.91 Å². The summed E-state index contributed by atoms with van der Waals surface area (Å²) >= 11 is 0. The van der Waals surface area contributed by atoms with Gasteiger partial charge in [0.05, 0.1) is 11.0 Å². The first kappa shape index (κ1) is 18.7. The Balaban J connectivity index is 1.72. The normalized spacial score (nSPS) is 10.7. The molecule has 0 radical (unpaired) electrons. The van der Waals surface area contributed by atoms with Gasteiger partial charge in [-0.05, 0) is 42.8 Å². The van der Waals surface area contributed by atoms with Gasteiger partial charge in [0, 0.05) is 25.7 Å². The molecule has 0 saturated heterocycles. The van der Waals surface area contributed by atoms with Crippen molar-refractivity contribution in [2.45, 2.75) is 32.9 Å². The Hall–Kier alpha value is -3.08. The number of nitrogens with zero attached hydrogens (tertiary/aromatic N) is 3. The molecule has 0 saturated carbocycles. The van der Waals surface area contributed by atoms with Crippen molar-refractivity contribution in [1.82, 2.24) is 9.55 Å². The topological polar surface area (TPSA) is 47.4 Å². The molecule has 3 aromatic rings. The number of allylic oxidation sites excluding steroid dienone is 1. The molecule has 3 rings (SSSR count). The summed E-state index contributed by atoms with van der Waals surface area (Å²) in [5, 5.41) is 0. The summed E-state index contributed by atoms with van der Waals surface area (Å²) in [6.45, 7) is 6.89. The van der Waals surface area contributed by atoms with Crippen LogP contribution in [0.1, 0.15) is 25.6 Å². The van der Waals surface area contributed by atoms with Crippen molar-refractivity contribution < 1.29 is 9.53 Å². The highest BCUT2D eigenvalue weighted by Gasteiger charge is 2.11. The van der Waals surface area contributed by atoms with Gasteiger partial charge < -0.3 is 14.2 Å². The van der Waals surface area contributed by atoms with E-state index in [2.05, 4.69) is 16.1 Å². The van der Waals surface area contributed by atoms with Crippen molar-refractivity contribution in [3.63, 3.8) is 0 Å². The van der Waals surface area contributed by atoms with Crippen LogP contribution in [0.3, 0.4) is 0 Å². The molecule has 0 aliphatic carbocycles. The minimum atomic E-state index is 0.115. The molecule has 27 heavy (non-hydrogen) atoms. The number of aromatic nitrogens is 2. The van der Waals surface area contributed by atoms with Gasteiger partial charge in [0.25, 0.3) is 0 Å². The molecule has 0 atom stereocenters. The number of amides is 1. The second kappa shape index (κ2) is 8.54. The molecule has 0 unspecified atom stereocenters. The number of anilines is 1. The lowest BCUT2D eigenvalue weighted by molar-refractivity contribution is -0.118. The summed E-state index contributed by atoms with van der Waals surface area (Å²) in [6.07, 6.45) is 3.25. The number of para-hydroxylation sites is 2. The predicted molar refractivity (Wildman–Crippen MR) is 109 cm³/mol. The number of fused-ring (bicyclic) bond motifs is 1. The molecule has 1 aromatic heterocycles. The Labute approximate surface area is 159 Å². The summed E-state index contributed by atoms with van der Waals surface area (Å²) < 4.78 is 8.04. The Morgan fingerprint density at radius 1 is 1.22 bits per heavy atom. The number of carbonyl (C=O) groups excluding carboxylic acids is 1. The van der Waals surface area contributed by atoms with E-state index in [9.17, 15) is 4.79 Å². The lowest BCUT2D eigenvalue weighted by Crippen LogP contribution is -2.25. The van der Waals surface area contributed by atoms with E-state index in [1.54, 1.807) is 11.9 Å². The Morgan fingerprint density at radius 2 is 1.96 bits per heavy atom. The fourth-order valence-electron chi connectivity index (χ4n) is 3.01. The van der Waals surface area contributed by atoms with Gasteiger partial charge in [-0.2, -0.15) is 0 Å². The third kappa shape index (κ3) is 4.19. The number of carbonyl (C=O) groups is 1. The molecular formula is C22H25N3O2. The van der Waals surface area contributed by atoms with Crippen molar-refractivity contribution in [2.75, 3.05) is 11.9 Å². The smallest absolute Gasteiger partial charge is 0.226 e. The van der Waals surface area contributed by atoms with Crippen LogP contribution in [0.4, 0.5) is 5.69 Å². The fourth-order valence-corrected chi connectivity index (χ4v) is 3.01. The third-order valence-corrected chi connectivity index (χ3v) is 4.48. The monoisotopic (exact) mass is 363 g/mol. The zero-order valence-electron chi connectivity index (χ0n) is 15.9. The molecule has 0 aliphatic heterocycles. The minimum Gasteiger partial charge on any atom is -0.486 e. The molecule has 1 heterocycles. The Kier molecular flexibility index (Phi) is 5.91. The third-order valence-electron chi connectivity index (χ3n) is 4.48. The van der Waals surface area contributed by atoms with E-state index in [0.29, 0.717) is 19.6 Å². The van der Waals surface area contributed by atoms with Crippen LogP contribution in [0.15, 0.2) is 61.2 Å². The molecule has 0 N–H and O–H groups in total. The zero-order valence-corrected chi connectivity index (χ0v) is 15.9. The van der Waals surface area contributed by atoms with Crippen LogP contribution >= 0.6 is 0 Å². The number of hydrogen-bond donors (Lipinski definition) is 0. The second-order valence-electron chi connectivity index (χ2n) is 6.40. The second-order valence-corrected chi connectivity index (χ2v) is 6.40. The summed E-state index contributed by atoms with van der Waals surface area (Å²) in [4.78, 5) is 18.3. The zero-order chi connectivity index (χ0) is 19.2. The highest BCUT2D eigenvalue weighted by Crippen LogP contribution is 2.21. The minimum absolute atomic E-state index is 0.115. The predicted octanol–water partition coefficient (Wildman–Crippen LogP) is 4.56. The SMILES string of the molecule is C=CCn1c(COc2ccc(N(C)C(=O)CCC)cc2)nc2ccccc21. The molecule has 2 aromatic carbocycles. The maximum atomic E-state index is 12.0. The summed E-state index contributed by atoms with van der Waals surface area (Å²) in [6, 6.07) is 15.6. The van der Waals surface area contributed by atoms with Crippen molar-refractivity contribution in [1.29, 1.82) is 0 Å². The lowest BCUT2D eigenvalue weighted by atomic mass is 10.2. The highest BCUT2D eigenvalue weighted by molar-refractivity contribution is 5.92. The van der Waals surface area contributed by atoms with Crippen LogP contribution in [-0.4, -0.2) is 22.5 Å². The summed E-state index contributed by atoms with van der Waals surface area (Å²) in [5.74, 6) is 1.71. The van der Waals surface area contributed by atoms with E-state index >= 15 is 0 Å². The average Bonchev–Trinajstić information content (AvgIpc) is 3.04. The van der Waals surface area contributed by atoms with E-state index in [-0.39, 0.29) is 5.91 Å². The highest BCUT2D eigenvalue weighted by atomic mass is 16.5. The largest absolute Gasteiger partial charge is 0.486 e. The van der Waals surface area contributed by atoms with E-state index in [1.807, 2.05) is 61.5 Å². The average molecular weight is 363 g/mol. The van der Waals surface area contributed by atoms with Crippen molar-refractivity contribution in [2.24, 2.45) is 0 Å². The fraction of sp³-hybridized carbons (Fsp3) is 0.273. The van der Waals surface area contributed by atoms with E-state index in [0.717, 1.165) is 34.7 Å². The molecule has 0 spiro atoms. The molecule has 0 fully saturated rings. The maximum Gasteiger partial charge on any atom is 0.226 e. The van der Waals surface area contributed by atoms with Gasteiger partial charge in [0.15, 0.2) is 0 Å². The first-order valence-corrected chi connectivity index (χ1v) is 9.18. The molecular weight excluding hydrogens is 338 g/mol. The van der Waals surface area contributed by atoms with Crippen molar-refractivity contribution in [3.05, 3.63) is 67.0 Å². The van der Waals surface area contributed by atoms with E-state index < -0.39 is 0 Å². The van der Waals surface area contributed by atoms with E-state index in [1.165, 1.54) is 0 Å². The molecule has 0 bridgehead atoms. The first-order chi connectivity index (χ1) is 13.1. The number of ether oxygens (including phenoxy) is 1. The van der Waals surface area contributed by atoms with Gasteiger partial charge in [-0.1, -0.05) is 25.1 Å². The van der Waals surface area contributed by atoms with Crippen LogP contribution in [0.2, 0.25) is 0 Å². The van der Waals surface area contributed by atoms with Crippen molar-refractivity contribution >= 4 is 22.6 Å². The number of imidazole rings is 1. The number of benzene rings is 2. The lowest BCUT2D eigenvalue weighted by Gasteiger charge is -2.17. The van der Waals surface area contributed by atoms with Crippen LogP contribution < -0.4 is 9.64 Å². The van der Waals surface area contributed by atoms with Crippen LogP contribution in [0, 0.1) is 0 Å². The number of hydrogen-bond acceptors (Lipinski definition) is 3. The summed E-state index contributed by atoms with van der Waals surface area (Å²) in [7, 11) is 1.80. The molecule has 1 amide bonds.